The Morgan fingerprint density at radius 2 is 2.00 bits per heavy atom. The lowest BCUT2D eigenvalue weighted by atomic mass is 10.0. The first-order chi connectivity index (χ1) is 9.15. The maximum absolute atomic E-state index is 11.6. The molecular weight excluding hydrogens is 248 g/mol. The van der Waals surface area contributed by atoms with Crippen LogP contribution in [0.15, 0.2) is 18.2 Å². The highest BCUT2D eigenvalue weighted by molar-refractivity contribution is 6.02. The maximum atomic E-state index is 11.6. The molecule has 1 aliphatic heterocycles. The van der Waals surface area contributed by atoms with Crippen molar-refractivity contribution < 1.29 is 24.1 Å². The summed E-state index contributed by atoms with van der Waals surface area (Å²) in [6, 6.07) is 5.19. The van der Waals surface area contributed by atoms with E-state index in [0.717, 1.165) is 16.3 Å². The first-order valence-electron chi connectivity index (χ1n) is 5.73. The molecule has 2 aromatic carbocycles. The molecular formula is C14H12O5. The van der Waals surface area contributed by atoms with Gasteiger partial charge < -0.3 is 19.3 Å². The number of hydrogen-bond acceptors (Lipinski definition) is 5. The largest absolute Gasteiger partial charge is 0.502 e. The van der Waals surface area contributed by atoms with Gasteiger partial charge in [0.1, 0.15) is 6.61 Å². The highest BCUT2D eigenvalue weighted by atomic mass is 16.5. The highest BCUT2D eigenvalue weighted by Gasteiger charge is 2.24. The molecule has 0 atom stereocenters. The van der Waals surface area contributed by atoms with Crippen LogP contribution in [0, 0.1) is 0 Å². The lowest BCUT2D eigenvalue weighted by Crippen LogP contribution is -1.95. The van der Waals surface area contributed by atoms with Crippen molar-refractivity contribution in [3.05, 3.63) is 29.3 Å². The minimum atomic E-state index is -0.331. The molecule has 2 aromatic rings. The molecule has 0 unspecified atom stereocenters. The molecule has 1 N–H and O–H groups in total. The van der Waals surface area contributed by atoms with E-state index in [4.69, 9.17) is 14.2 Å². The predicted molar refractivity (Wildman–Crippen MR) is 67.8 cm³/mol. The minimum Gasteiger partial charge on any atom is -0.502 e. The monoisotopic (exact) mass is 260 g/mol. The van der Waals surface area contributed by atoms with E-state index >= 15 is 0 Å². The smallest absolute Gasteiger partial charge is 0.338 e. The molecule has 0 aliphatic carbocycles. The molecule has 3 rings (SSSR count). The van der Waals surface area contributed by atoms with E-state index < -0.39 is 0 Å². The zero-order valence-corrected chi connectivity index (χ0v) is 10.5. The third kappa shape index (κ3) is 1.58. The zero-order valence-electron chi connectivity index (χ0n) is 10.5. The summed E-state index contributed by atoms with van der Waals surface area (Å²) < 4.78 is 15.3. The Morgan fingerprint density at radius 1 is 1.21 bits per heavy atom. The Morgan fingerprint density at radius 3 is 2.68 bits per heavy atom. The summed E-state index contributed by atoms with van der Waals surface area (Å²) in [5.74, 6) is 0.248. The van der Waals surface area contributed by atoms with Crippen LogP contribution in [0.2, 0.25) is 0 Å². The number of phenolic OH excluding ortho intramolecular Hbond substituents is 1. The second-order valence-corrected chi connectivity index (χ2v) is 4.27. The number of ether oxygens (including phenoxy) is 3. The van der Waals surface area contributed by atoms with Crippen LogP contribution in [-0.2, 0) is 11.3 Å². The van der Waals surface area contributed by atoms with E-state index in [0.29, 0.717) is 17.1 Å². The Labute approximate surface area is 109 Å². The molecule has 1 heterocycles. The van der Waals surface area contributed by atoms with E-state index in [2.05, 4.69) is 0 Å². The molecule has 98 valence electrons. The molecule has 0 radical (unpaired) electrons. The molecule has 0 aromatic heterocycles. The quantitative estimate of drug-likeness (QED) is 0.839. The van der Waals surface area contributed by atoms with Gasteiger partial charge in [-0.2, -0.15) is 0 Å². The number of carbonyl (C=O) groups is 1. The summed E-state index contributed by atoms with van der Waals surface area (Å²) in [5, 5.41) is 11.5. The van der Waals surface area contributed by atoms with Gasteiger partial charge in [-0.25, -0.2) is 4.79 Å². The van der Waals surface area contributed by atoms with Gasteiger partial charge in [0, 0.05) is 10.9 Å². The third-order valence-electron chi connectivity index (χ3n) is 3.26. The second-order valence-electron chi connectivity index (χ2n) is 4.27. The van der Waals surface area contributed by atoms with E-state index in [1.807, 2.05) is 0 Å². The van der Waals surface area contributed by atoms with E-state index in [1.165, 1.54) is 14.2 Å². The number of carbonyl (C=O) groups excluding carboxylic acids is 1. The van der Waals surface area contributed by atoms with Crippen LogP contribution in [0.25, 0.3) is 10.8 Å². The molecule has 0 saturated carbocycles. The highest BCUT2D eigenvalue weighted by Crippen LogP contribution is 2.43. The first-order valence-corrected chi connectivity index (χ1v) is 5.73. The van der Waals surface area contributed by atoms with Gasteiger partial charge in [0.2, 0.25) is 5.75 Å². The maximum Gasteiger partial charge on any atom is 0.338 e. The zero-order chi connectivity index (χ0) is 13.6. The van der Waals surface area contributed by atoms with Crippen molar-refractivity contribution in [3.63, 3.8) is 0 Å². The van der Waals surface area contributed by atoms with E-state index in [9.17, 15) is 9.90 Å². The number of esters is 1. The van der Waals surface area contributed by atoms with Crippen molar-refractivity contribution in [1.29, 1.82) is 0 Å². The van der Waals surface area contributed by atoms with Crippen molar-refractivity contribution in [1.82, 2.24) is 0 Å². The Kier molecular flexibility index (Phi) is 2.48. The predicted octanol–water partition coefficient (Wildman–Crippen LogP) is 2.23. The average Bonchev–Trinajstić information content (AvgIpc) is 2.77. The Bertz CT molecular complexity index is 690. The Hall–Kier alpha value is -2.43. The summed E-state index contributed by atoms with van der Waals surface area (Å²) in [6.07, 6.45) is 0. The fourth-order valence-electron chi connectivity index (χ4n) is 2.32. The Balaban J connectivity index is 2.37. The summed E-state index contributed by atoms with van der Waals surface area (Å²) in [7, 11) is 2.94. The number of cyclic esters (lactones) is 1. The normalized spacial score (nSPS) is 13.3. The molecule has 0 fully saturated rings. The number of aromatic hydroxyl groups is 1. The number of rotatable bonds is 2. The molecule has 5 heteroatoms. The SMILES string of the molecule is COc1cc2cc3c(cc2c(OC)c1O)COC3=O. The van der Waals surface area contributed by atoms with Crippen LogP contribution < -0.4 is 9.47 Å². The van der Waals surface area contributed by atoms with Gasteiger partial charge in [0.25, 0.3) is 0 Å². The molecule has 0 spiro atoms. The molecule has 19 heavy (non-hydrogen) atoms. The van der Waals surface area contributed by atoms with Crippen molar-refractivity contribution in [2.45, 2.75) is 6.61 Å². The first kappa shape index (κ1) is 11.6. The van der Waals surface area contributed by atoms with Gasteiger partial charge in [0.15, 0.2) is 11.5 Å². The van der Waals surface area contributed by atoms with Gasteiger partial charge in [-0.1, -0.05) is 0 Å². The fourth-order valence-corrected chi connectivity index (χ4v) is 2.32. The number of benzene rings is 2. The summed E-state index contributed by atoms with van der Waals surface area (Å²) in [6.45, 7) is 0.250. The number of fused-ring (bicyclic) bond motifs is 2. The third-order valence-corrected chi connectivity index (χ3v) is 3.26. The van der Waals surface area contributed by atoms with Crippen LogP contribution >= 0.6 is 0 Å². The van der Waals surface area contributed by atoms with Gasteiger partial charge in [-0.05, 0) is 23.6 Å². The van der Waals surface area contributed by atoms with Gasteiger partial charge in [-0.3, -0.25) is 0 Å². The minimum absolute atomic E-state index is 0.0531. The van der Waals surface area contributed by atoms with Crippen LogP contribution in [0.1, 0.15) is 15.9 Å². The summed E-state index contributed by atoms with van der Waals surface area (Å²) in [5.41, 5.74) is 1.34. The molecule has 5 nitrogen and oxygen atoms in total. The van der Waals surface area contributed by atoms with Crippen LogP contribution in [0.3, 0.4) is 0 Å². The van der Waals surface area contributed by atoms with Gasteiger partial charge >= 0.3 is 5.97 Å². The lowest BCUT2D eigenvalue weighted by molar-refractivity contribution is 0.0535. The molecule has 1 aliphatic rings. The average molecular weight is 260 g/mol. The lowest BCUT2D eigenvalue weighted by Gasteiger charge is -2.12. The van der Waals surface area contributed by atoms with Gasteiger partial charge in [-0.15, -0.1) is 0 Å². The van der Waals surface area contributed by atoms with Crippen molar-refractivity contribution >= 4 is 16.7 Å². The van der Waals surface area contributed by atoms with Crippen LogP contribution in [0.5, 0.6) is 17.2 Å². The number of phenols is 1. The number of methoxy groups -OCH3 is 2. The van der Waals surface area contributed by atoms with Crippen LogP contribution in [0.4, 0.5) is 0 Å². The number of hydrogen-bond donors (Lipinski definition) is 1. The molecule has 0 saturated heterocycles. The molecule has 0 bridgehead atoms. The topological polar surface area (TPSA) is 65.0 Å². The second kappa shape index (κ2) is 4.05. The van der Waals surface area contributed by atoms with Crippen molar-refractivity contribution in [3.8, 4) is 17.2 Å². The standard InChI is InChI=1S/C14H12O5/c1-17-11-5-7-3-10-8(6-19-14(10)16)4-9(7)13(18-2)12(11)15/h3-5,15H,6H2,1-2H3. The molecule has 0 amide bonds. The fraction of sp³-hybridized carbons (Fsp3) is 0.214. The van der Waals surface area contributed by atoms with Crippen molar-refractivity contribution in [2.75, 3.05) is 14.2 Å². The van der Waals surface area contributed by atoms with E-state index in [-0.39, 0.29) is 18.3 Å². The summed E-state index contributed by atoms with van der Waals surface area (Å²) >= 11 is 0. The van der Waals surface area contributed by atoms with Crippen molar-refractivity contribution in [2.24, 2.45) is 0 Å². The van der Waals surface area contributed by atoms with Gasteiger partial charge in [0.05, 0.1) is 19.8 Å². The van der Waals surface area contributed by atoms with E-state index in [1.54, 1.807) is 18.2 Å². The van der Waals surface area contributed by atoms with Crippen LogP contribution in [-0.4, -0.2) is 25.3 Å². The summed E-state index contributed by atoms with van der Waals surface area (Å²) in [4.78, 5) is 11.6.